The molecule has 0 unspecified atom stereocenters. The van der Waals surface area contributed by atoms with Gasteiger partial charge in [0.25, 0.3) is 0 Å². The van der Waals surface area contributed by atoms with E-state index in [1.165, 1.54) is 46.5 Å². The van der Waals surface area contributed by atoms with Crippen molar-refractivity contribution in [2.24, 2.45) is 10.8 Å². The van der Waals surface area contributed by atoms with Gasteiger partial charge in [0.05, 0.1) is 33.4 Å². The maximum atomic E-state index is 16.0. The number of nitrogens with zero attached hydrogens (tertiary/aromatic N) is 2. The normalized spacial score (nSPS) is 13.4. The van der Waals surface area contributed by atoms with Crippen molar-refractivity contribution in [3.8, 4) is 56.6 Å². The zero-order chi connectivity index (χ0) is 66.0. The molecular weight excluding hydrogens is 1110 g/mol. The molecule has 0 saturated heterocycles. The van der Waals surface area contributed by atoms with Crippen LogP contribution in [0.15, 0.2) is 133 Å². The van der Waals surface area contributed by atoms with Gasteiger partial charge >= 0.3 is 0 Å². The van der Waals surface area contributed by atoms with Crippen molar-refractivity contribution in [1.29, 1.82) is 0 Å². The molecule has 6 nitrogen and oxygen atoms in total. The second-order valence-corrected chi connectivity index (χ2v) is 33.6. The second kappa shape index (κ2) is 22.7. The van der Waals surface area contributed by atoms with Gasteiger partial charge in [-0.25, -0.2) is 8.78 Å². The number of fused-ring (bicyclic) bond motifs is 6. The van der Waals surface area contributed by atoms with Gasteiger partial charge in [0, 0.05) is 43.8 Å². The van der Waals surface area contributed by atoms with Crippen LogP contribution in [0.3, 0.4) is 0 Å². The summed E-state index contributed by atoms with van der Waals surface area (Å²) in [5.41, 5.74) is 12.1. The fourth-order valence-corrected chi connectivity index (χ4v) is 14.0. The molecule has 2 heterocycles. The van der Waals surface area contributed by atoms with Gasteiger partial charge in [-0.15, -0.1) is 0 Å². The van der Waals surface area contributed by atoms with E-state index in [2.05, 4.69) is 246 Å². The number of benzene rings is 8. The lowest BCUT2D eigenvalue weighted by Gasteiger charge is -2.34. The Hall–Kier alpha value is -7.58. The lowest BCUT2D eigenvalue weighted by atomic mass is 9.71. The Morgan fingerprint density at radius 2 is 0.600 bits per heavy atom. The number of aromatic hydroxyl groups is 2. The maximum Gasteiger partial charge on any atom is 0.147 e. The summed E-state index contributed by atoms with van der Waals surface area (Å²) in [7, 11) is 0. The van der Waals surface area contributed by atoms with Crippen molar-refractivity contribution in [3.05, 3.63) is 178 Å². The third-order valence-electron chi connectivity index (χ3n) is 18.2. The molecule has 8 heteroatoms. The molecule has 0 bridgehead atoms. The summed E-state index contributed by atoms with van der Waals surface area (Å²) in [6.45, 7) is 49.1. The predicted octanol–water partition coefficient (Wildman–Crippen LogP) is 23.0. The van der Waals surface area contributed by atoms with Gasteiger partial charge < -0.3 is 28.8 Å². The summed E-state index contributed by atoms with van der Waals surface area (Å²) in [5.74, 6) is -0.283. The van der Waals surface area contributed by atoms with Crippen molar-refractivity contribution in [1.82, 2.24) is 9.13 Å². The molecule has 474 valence electrons. The molecule has 0 aliphatic rings. The molecule has 0 fully saturated rings. The number of rotatable bonds is 13. The molecule has 2 aromatic heterocycles. The number of hydrogen-bond acceptors (Lipinski definition) is 4. The summed E-state index contributed by atoms with van der Waals surface area (Å²) in [6.07, 6.45) is 1.65. The quantitative estimate of drug-likeness (QED) is 0.113. The molecule has 90 heavy (non-hydrogen) atoms. The van der Waals surface area contributed by atoms with E-state index in [0.29, 0.717) is 45.1 Å². The van der Waals surface area contributed by atoms with Crippen molar-refractivity contribution in [2.75, 3.05) is 13.2 Å². The number of phenols is 2. The van der Waals surface area contributed by atoms with E-state index in [1.807, 2.05) is 12.1 Å². The minimum atomic E-state index is -0.483. The minimum Gasteiger partial charge on any atom is -0.505 e. The van der Waals surface area contributed by atoms with Crippen molar-refractivity contribution >= 4 is 43.6 Å². The first-order valence-corrected chi connectivity index (χ1v) is 32.3. The van der Waals surface area contributed by atoms with E-state index in [0.717, 1.165) is 67.6 Å². The Bertz CT molecular complexity index is 3990. The monoisotopic (exact) mass is 1210 g/mol. The largest absolute Gasteiger partial charge is 0.505 e. The Morgan fingerprint density at radius 1 is 0.322 bits per heavy atom. The predicted molar refractivity (Wildman–Crippen MR) is 376 cm³/mol. The summed E-state index contributed by atoms with van der Waals surface area (Å²) in [4.78, 5) is 0. The number of phenolic OH excluding ortho intramolecular Hbond substituents is 2. The summed E-state index contributed by atoms with van der Waals surface area (Å²) >= 11 is 0. The van der Waals surface area contributed by atoms with E-state index in [-0.39, 0.29) is 57.2 Å². The van der Waals surface area contributed by atoms with Gasteiger partial charge in [-0.3, -0.25) is 0 Å². The van der Waals surface area contributed by atoms with Crippen LogP contribution in [-0.4, -0.2) is 32.6 Å². The number of ether oxygens (including phenoxy) is 2. The second-order valence-electron chi connectivity index (χ2n) is 33.6. The third kappa shape index (κ3) is 13.0. The lowest BCUT2D eigenvalue weighted by molar-refractivity contribution is 0.218. The summed E-state index contributed by atoms with van der Waals surface area (Å²) < 4.78 is 49.7. The zero-order valence-electron chi connectivity index (χ0n) is 57.9. The minimum absolute atomic E-state index is 0.00170. The van der Waals surface area contributed by atoms with Gasteiger partial charge in [-0.1, -0.05) is 177 Å². The fourth-order valence-electron chi connectivity index (χ4n) is 14.0. The molecule has 0 atom stereocenters. The first-order valence-electron chi connectivity index (χ1n) is 32.3. The van der Waals surface area contributed by atoms with E-state index >= 15 is 8.78 Å². The standard InChI is InChI=1S/C82H98F2N2O4/c1-75(2,3)47-81(19,20)53-41-63(73(87)69(43-53)85-65-29-23-49(77(7,8)9)37-57(65)58-38-50(78(10,11)12)24-30-66(58)85)61-45-55(83)27-33-71(61)89-35-36-90-72-34-28-56(84)46-62(72)64-42-54(82(21,22)48-76(4,5)6)44-70(74(64)88)86-67-31-25-51(79(13,14)15)39-59(67)60-40-52(80(16,17)18)26-32-68(60)86/h23-34,37-46,87-88H,35-36,47-48H2,1-22H3. The van der Waals surface area contributed by atoms with Crippen molar-refractivity contribution < 1.29 is 28.5 Å². The Morgan fingerprint density at radius 3 is 0.856 bits per heavy atom. The highest BCUT2D eigenvalue weighted by Gasteiger charge is 2.34. The summed E-state index contributed by atoms with van der Waals surface area (Å²) in [5, 5.41) is 30.5. The summed E-state index contributed by atoms with van der Waals surface area (Å²) in [6, 6.07) is 43.7. The van der Waals surface area contributed by atoms with Crippen LogP contribution in [0.1, 0.15) is 199 Å². The molecule has 10 rings (SSSR count). The van der Waals surface area contributed by atoms with Crippen LogP contribution < -0.4 is 9.47 Å². The molecule has 2 N–H and O–H groups in total. The SMILES string of the molecule is CC(C)(C)CC(C)(C)c1cc(-c2cc(F)ccc2OCCOc2ccc(F)cc2-c2cc(C(C)(C)CC(C)(C)C)cc(-n3c4ccc(C(C)(C)C)cc4c4cc(C(C)(C)C)ccc43)c2O)c(O)c(-n2c3ccc(C(C)(C)C)cc3c3cc(C(C)(C)C)ccc32)c1. The first kappa shape index (κ1) is 65.4. The van der Waals surface area contributed by atoms with E-state index in [1.54, 1.807) is 12.1 Å². The number of halogens is 2. The molecule has 0 saturated carbocycles. The van der Waals surface area contributed by atoms with Crippen LogP contribution in [0.25, 0.3) is 77.2 Å². The molecule has 10 aromatic rings. The van der Waals surface area contributed by atoms with E-state index in [4.69, 9.17) is 9.47 Å². The zero-order valence-corrected chi connectivity index (χ0v) is 57.9. The molecule has 0 aliphatic heterocycles. The lowest BCUT2D eigenvalue weighted by Crippen LogP contribution is -2.25. The highest BCUT2D eigenvalue weighted by molar-refractivity contribution is 6.11. The number of hydrogen-bond donors (Lipinski definition) is 2. The van der Waals surface area contributed by atoms with Crippen molar-refractivity contribution in [3.63, 3.8) is 0 Å². The van der Waals surface area contributed by atoms with Crippen LogP contribution in [0.5, 0.6) is 23.0 Å². The van der Waals surface area contributed by atoms with E-state index < -0.39 is 22.5 Å². The van der Waals surface area contributed by atoms with Gasteiger partial charge in [-0.2, -0.15) is 0 Å². The fraction of sp³-hybridized carbons (Fsp3) is 0.415. The molecule has 0 spiro atoms. The Balaban J connectivity index is 1.08. The molecule has 8 aromatic carbocycles. The topological polar surface area (TPSA) is 68.8 Å². The highest BCUT2D eigenvalue weighted by atomic mass is 19.1. The van der Waals surface area contributed by atoms with Crippen LogP contribution in [0.2, 0.25) is 0 Å². The van der Waals surface area contributed by atoms with E-state index in [9.17, 15) is 10.2 Å². The average molecular weight is 1210 g/mol. The third-order valence-corrected chi connectivity index (χ3v) is 18.2. The molecule has 0 radical (unpaired) electrons. The van der Waals surface area contributed by atoms with Gasteiger partial charge in [0.1, 0.15) is 47.8 Å². The van der Waals surface area contributed by atoms with Crippen LogP contribution in [0, 0.1) is 22.5 Å². The van der Waals surface area contributed by atoms with Crippen LogP contribution >= 0.6 is 0 Å². The van der Waals surface area contributed by atoms with Gasteiger partial charge in [0.2, 0.25) is 0 Å². The smallest absolute Gasteiger partial charge is 0.147 e. The number of aromatic nitrogens is 2. The molecule has 0 aliphatic carbocycles. The van der Waals surface area contributed by atoms with Gasteiger partial charge in [-0.05, 0) is 199 Å². The average Bonchev–Trinajstić information content (AvgIpc) is 1.54. The maximum absolute atomic E-state index is 16.0. The first-order chi connectivity index (χ1) is 41.5. The van der Waals surface area contributed by atoms with Crippen molar-refractivity contribution in [2.45, 2.75) is 198 Å². The van der Waals surface area contributed by atoms with Crippen LogP contribution in [0.4, 0.5) is 8.78 Å². The van der Waals surface area contributed by atoms with Gasteiger partial charge in [0.15, 0.2) is 0 Å². The Kier molecular flexibility index (Phi) is 16.5. The van der Waals surface area contributed by atoms with Crippen LogP contribution in [-0.2, 0) is 32.5 Å². The Labute approximate surface area is 535 Å². The molecule has 0 amide bonds. The highest BCUT2D eigenvalue weighted by Crippen LogP contribution is 2.51. The molecular formula is C82H98F2N2O4.